The Morgan fingerprint density at radius 3 is 2.25 bits per heavy atom. The fourth-order valence-corrected chi connectivity index (χ4v) is 1.77. The fraction of sp³-hybridized carbons (Fsp3) is 0.143. The molecule has 2 aromatic carbocycles. The zero-order valence-electron chi connectivity index (χ0n) is 10.6. The number of alkyl halides is 3. The van der Waals surface area contributed by atoms with Gasteiger partial charge in [0.05, 0.1) is 16.9 Å². The monoisotopic (exact) mass is 284 g/mol. The van der Waals surface area contributed by atoms with Crippen molar-refractivity contribution in [2.75, 3.05) is 11.1 Å². The summed E-state index contributed by atoms with van der Waals surface area (Å²) in [5.74, 6) is -0.616. The summed E-state index contributed by atoms with van der Waals surface area (Å²) in [4.78, 5) is 0. The van der Waals surface area contributed by atoms with Crippen molar-refractivity contribution >= 4 is 17.1 Å². The van der Waals surface area contributed by atoms with E-state index in [-0.39, 0.29) is 17.1 Å². The summed E-state index contributed by atoms with van der Waals surface area (Å²) < 4.78 is 52.4. The Balaban J connectivity index is 2.43. The number of nitrogen functional groups attached to an aromatic ring is 1. The number of halogens is 4. The van der Waals surface area contributed by atoms with Crippen LogP contribution in [0.4, 0.5) is 34.6 Å². The number of hydrogen-bond donors (Lipinski definition) is 2. The van der Waals surface area contributed by atoms with Gasteiger partial charge in [0.25, 0.3) is 0 Å². The van der Waals surface area contributed by atoms with Crippen LogP contribution in [0.15, 0.2) is 36.4 Å². The van der Waals surface area contributed by atoms with Gasteiger partial charge in [-0.25, -0.2) is 4.39 Å². The van der Waals surface area contributed by atoms with E-state index in [1.165, 1.54) is 24.3 Å². The Hall–Kier alpha value is -2.24. The molecule has 0 unspecified atom stereocenters. The zero-order chi connectivity index (χ0) is 14.9. The van der Waals surface area contributed by atoms with E-state index in [2.05, 4.69) is 5.32 Å². The molecule has 2 aromatic rings. The van der Waals surface area contributed by atoms with Crippen LogP contribution in [-0.4, -0.2) is 0 Å². The predicted molar refractivity (Wildman–Crippen MR) is 70.3 cm³/mol. The SMILES string of the molecule is Cc1ccc(Nc2ccc(N)cc2C(F)(F)F)c(F)c1. The normalized spacial score (nSPS) is 11.4. The first-order valence-corrected chi connectivity index (χ1v) is 5.77. The van der Waals surface area contributed by atoms with Gasteiger partial charge in [-0.3, -0.25) is 0 Å². The quantitative estimate of drug-likeness (QED) is 0.630. The minimum atomic E-state index is -4.57. The molecule has 0 saturated carbocycles. The van der Waals surface area contributed by atoms with Gasteiger partial charge in [0.2, 0.25) is 0 Å². The molecule has 20 heavy (non-hydrogen) atoms. The summed E-state index contributed by atoms with van der Waals surface area (Å²) in [7, 11) is 0. The summed E-state index contributed by atoms with van der Waals surface area (Å²) >= 11 is 0. The van der Waals surface area contributed by atoms with Crippen LogP contribution in [0.2, 0.25) is 0 Å². The lowest BCUT2D eigenvalue weighted by atomic mass is 10.1. The number of anilines is 3. The number of benzene rings is 2. The minimum absolute atomic E-state index is 0.00717. The molecular weight excluding hydrogens is 272 g/mol. The molecule has 0 heterocycles. The summed E-state index contributed by atoms with van der Waals surface area (Å²) in [6, 6.07) is 7.56. The highest BCUT2D eigenvalue weighted by atomic mass is 19.4. The molecule has 0 aromatic heterocycles. The number of rotatable bonds is 2. The van der Waals surface area contributed by atoms with E-state index in [1.807, 2.05) is 0 Å². The zero-order valence-corrected chi connectivity index (χ0v) is 10.6. The van der Waals surface area contributed by atoms with E-state index in [1.54, 1.807) is 13.0 Å². The average Bonchev–Trinajstić information content (AvgIpc) is 2.33. The highest BCUT2D eigenvalue weighted by Crippen LogP contribution is 2.37. The Labute approximate surface area is 113 Å². The van der Waals surface area contributed by atoms with Crippen molar-refractivity contribution < 1.29 is 17.6 Å². The van der Waals surface area contributed by atoms with E-state index in [9.17, 15) is 17.6 Å². The average molecular weight is 284 g/mol. The number of nitrogens with one attached hydrogen (secondary N) is 1. The highest BCUT2D eigenvalue weighted by molar-refractivity contribution is 5.67. The van der Waals surface area contributed by atoms with E-state index in [4.69, 9.17) is 5.73 Å². The molecule has 106 valence electrons. The van der Waals surface area contributed by atoms with Crippen molar-refractivity contribution in [3.05, 3.63) is 53.3 Å². The molecule has 0 aliphatic heterocycles. The van der Waals surface area contributed by atoms with E-state index < -0.39 is 17.6 Å². The Bertz CT molecular complexity index is 636. The van der Waals surface area contributed by atoms with Crippen LogP contribution < -0.4 is 11.1 Å². The molecule has 0 fully saturated rings. The van der Waals surface area contributed by atoms with Crippen LogP contribution in [0, 0.1) is 12.7 Å². The molecular formula is C14H12F4N2. The van der Waals surface area contributed by atoms with Crippen molar-refractivity contribution in [1.82, 2.24) is 0 Å². The third-order valence-electron chi connectivity index (χ3n) is 2.74. The molecule has 0 atom stereocenters. The number of hydrogen-bond acceptors (Lipinski definition) is 2. The summed E-state index contributed by atoms with van der Waals surface area (Å²) in [5, 5.41) is 2.45. The third kappa shape index (κ3) is 3.01. The van der Waals surface area contributed by atoms with Gasteiger partial charge in [-0.2, -0.15) is 13.2 Å². The second-order valence-corrected chi connectivity index (χ2v) is 4.41. The van der Waals surface area contributed by atoms with Gasteiger partial charge in [0.1, 0.15) is 5.82 Å². The van der Waals surface area contributed by atoms with Crippen molar-refractivity contribution in [2.45, 2.75) is 13.1 Å². The molecule has 0 saturated heterocycles. The van der Waals surface area contributed by atoms with Crippen LogP contribution in [0.1, 0.15) is 11.1 Å². The topological polar surface area (TPSA) is 38.0 Å². The molecule has 6 heteroatoms. The Morgan fingerprint density at radius 2 is 1.65 bits per heavy atom. The highest BCUT2D eigenvalue weighted by Gasteiger charge is 2.33. The van der Waals surface area contributed by atoms with Crippen molar-refractivity contribution in [2.24, 2.45) is 0 Å². The van der Waals surface area contributed by atoms with E-state index in [0.717, 1.165) is 6.07 Å². The van der Waals surface area contributed by atoms with Gasteiger partial charge in [-0.1, -0.05) is 6.07 Å². The number of nitrogens with two attached hydrogens (primary N) is 1. The maximum atomic E-state index is 13.7. The van der Waals surface area contributed by atoms with Crippen molar-refractivity contribution in [3.8, 4) is 0 Å². The van der Waals surface area contributed by atoms with Crippen LogP contribution in [0.25, 0.3) is 0 Å². The first kappa shape index (κ1) is 14.2. The van der Waals surface area contributed by atoms with Crippen molar-refractivity contribution in [3.63, 3.8) is 0 Å². The second kappa shape index (κ2) is 5.03. The lowest BCUT2D eigenvalue weighted by Crippen LogP contribution is -2.10. The standard InChI is InChI=1S/C14H12F4N2/c1-8-2-4-13(11(15)6-8)20-12-5-3-9(19)7-10(12)14(16,17)18/h2-7,20H,19H2,1H3. The Kier molecular flexibility index (Phi) is 3.57. The molecule has 0 aliphatic carbocycles. The molecule has 0 radical (unpaired) electrons. The van der Waals surface area contributed by atoms with Gasteiger partial charge in [0, 0.05) is 5.69 Å². The molecule has 0 bridgehead atoms. The molecule has 2 nitrogen and oxygen atoms in total. The predicted octanol–water partition coefficient (Wildman–Crippen LogP) is 4.48. The summed E-state index contributed by atoms with van der Waals surface area (Å²) in [6.45, 7) is 1.69. The van der Waals surface area contributed by atoms with Crippen molar-refractivity contribution in [1.29, 1.82) is 0 Å². The van der Waals surface area contributed by atoms with Gasteiger partial charge in [-0.15, -0.1) is 0 Å². The summed E-state index contributed by atoms with van der Waals surface area (Å²) in [5.41, 5.74) is 4.84. The van der Waals surface area contributed by atoms with Gasteiger partial charge in [0.15, 0.2) is 0 Å². The second-order valence-electron chi connectivity index (χ2n) is 4.41. The van der Waals surface area contributed by atoms with Gasteiger partial charge in [-0.05, 0) is 42.8 Å². The third-order valence-corrected chi connectivity index (χ3v) is 2.74. The minimum Gasteiger partial charge on any atom is -0.399 e. The number of aryl methyl sites for hydroxylation is 1. The summed E-state index contributed by atoms with van der Waals surface area (Å²) in [6.07, 6.45) is -4.57. The van der Waals surface area contributed by atoms with E-state index >= 15 is 0 Å². The van der Waals surface area contributed by atoms with Gasteiger partial charge < -0.3 is 11.1 Å². The smallest absolute Gasteiger partial charge is 0.399 e. The maximum absolute atomic E-state index is 13.7. The lowest BCUT2D eigenvalue weighted by molar-refractivity contribution is -0.136. The maximum Gasteiger partial charge on any atom is 0.418 e. The lowest BCUT2D eigenvalue weighted by Gasteiger charge is -2.15. The molecule has 0 spiro atoms. The largest absolute Gasteiger partial charge is 0.418 e. The van der Waals surface area contributed by atoms with E-state index in [0.29, 0.717) is 5.56 Å². The molecule has 0 aliphatic rings. The molecule has 0 amide bonds. The first-order valence-electron chi connectivity index (χ1n) is 5.77. The Morgan fingerprint density at radius 1 is 1.00 bits per heavy atom. The first-order chi connectivity index (χ1) is 9.27. The van der Waals surface area contributed by atoms with Crippen LogP contribution in [-0.2, 0) is 6.18 Å². The molecule has 2 rings (SSSR count). The van der Waals surface area contributed by atoms with Crippen LogP contribution >= 0.6 is 0 Å². The fourth-order valence-electron chi connectivity index (χ4n) is 1.77. The molecule has 3 N–H and O–H groups in total. The van der Waals surface area contributed by atoms with Gasteiger partial charge >= 0.3 is 6.18 Å². The van der Waals surface area contributed by atoms with Crippen LogP contribution in [0.3, 0.4) is 0 Å². The van der Waals surface area contributed by atoms with Crippen LogP contribution in [0.5, 0.6) is 0 Å².